The Kier molecular flexibility index (Phi) is 7.49. The first kappa shape index (κ1) is 26.6. The number of fused-ring (bicyclic) bond motifs is 1. The molecule has 4 aromatic rings. The molecule has 0 spiro atoms. The molecule has 1 atom stereocenters. The summed E-state index contributed by atoms with van der Waals surface area (Å²) in [5.41, 5.74) is 2.28. The van der Waals surface area contributed by atoms with Gasteiger partial charge in [0.25, 0.3) is 5.56 Å². The Balaban J connectivity index is 1.62. The van der Waals surface area contributed by atoms with Gasteiger partial charge in [-0.05, 0) is 55.8 Å². The largest absolute Gasteiger partial charge is 0.465 e. The zero-order valence-electron chi connectivity index (χ0n) is 21.3. The number of aromatic nitrogens is 1. The highest BCUT2D eigenvalue weighted by molar-refractivity contribution is 9.10. The van der Waals surface area contributed by atoms with Crippen molar-refractivity contribution in [3.05, 3.63) is 113 Å². The highest BCUT2D eigenvalue weighted by Crippen LogP contribution is 2.31. The van der Waals surface area contributed by atoms with Gasteiger partial charge in [0.15, 0.2) is 4.80 Å². The van der Waals surface area contributed by atoms with E-state index in [1.165, 1.54) is 23.0 Å². The number of halogens is 1. The van der Waals surface area contributed by atoms with Crippen molar-refractivity contribution in [2.24, 2.45) is 4.99 Å². The van der Waals surface area contributed by atoms with Gasteiger partial charge in [0.2, 0.25) is 0 Å². The molecular formula is C29H23BrN2O6S. The summed E-state index contributed by atoms with van der Waals surface area (Å²) < 4.78 is 19.0. The monoisotopic (exact) mass is 606 g/mol. The van der Waals surface area contributed by atoms with E-state index in [9.17, 15) is 14.4 Å². The number of furan rings is 1. The van der Waals surface area contributed by atoms with Crippen molar-refractivity contribution >= 4 is 45.3 Å². The van der Waals surface area contributed by atoms with Crippen LogP contribution in [0.2, 0.25) is 0 Å². The Morgan fingerprint density at radius 2 is 1.79 bits per heavy atom. The van der Waals surface area contributed by atoms with Crippen molar-refractivity contribution in [2.75, 3.05) is 13.7 Å². The summed E-state index contributed by atoms with van der Waals surface area (Å²) in [6, 6.07) is 17.2. The third kappa shape index (κ3) is 5.17. The number of esters is 2. The number of rotatable bonds is 6. The SMILES string of the molecule is CCOC(=O)C1=C(C)N=c2sc(=Cc3ccc(-c4ccc(Br)cc4)o3)c(=O)n2C1c1ccc(C(=O)OC)cc1. The lowest BCUT2D eigenvalue weighted by atomic mass is 9.95. The van der Waals surface area contributed by atoms with Crippen molar-refractivity contribution in [3.8, 4) is 11.3 Å². The maximum absolute atomic E-state index is 13.8. The zero-order valence-corrected chi connectivity index (χ0v) is 23.7. The number of benzene rings is 2. The van der Waals surface area contributed by atoms with Gasteiger partial charge in [-0.3, -0.25) is 9.36 Å². The first-order chi connectivity index (χ1) is 18.8. The average Bonchev–Trinajstić information content (AvgIpc) is 3.52. The quantitative estimate of drug-likeness (QED) is 0.297. The second kappa shape index (κ2) is 11.0. The van der Waals surface area contributed by atoms with Crippen LogP contribution in [0, 0.1) is 0 Å². The molecule has 0 saturated carbocycles. The lowest BCUT2D eigenvalue weighted by molar-refractivity contribution is -0.139. The van der Waals surface area contributed by atoms with E-state index < -0.39 is 18.0 Å². The number of nitrogens with zero attached hydrogens (tertiary/aromatic N) is 2. The van der Waals surface area contributed by atoms with E-state index in [1.807, 2.05) is 30.3 Å². The molecule has 0 bridgehead atoms. The van der Waals surface area contributed by atoms with Gasteiger partial charge in [-0.2, -0.15) is 0 Å². The molecule has 198 valence electrons. The fourth-order valence-corrected chi connectivity index (χ4v) is 5.65. The number of ether oxygens (including phenoxy) is 2. The van der Waals surface area contributed by atoms with Crippen LogP contribution in [0.25, 0.3) is 17.4 Å². The van der Waals surface area contributed by atoms with Crippen LogP contribution >= 0.6 is 27.3 Å². The summed E-state index contributed by atoms with van der Waals surface area (Å²) in [5.74, 6) is 0.146. The minimum absolute atomic E-state index is 0.174. The lowest BCUT2D eigenvalue weighted by Crippen LogP contribution is -2.39. The Hall–Kier alpha value is -4.02. The summed E-state index contributed by atoms with van der Waals surface area (Å²) in [5, 5.41) is 0. The van der Waals surface area contributed by atoms with E-state index in [0.717, 1.165) is 10.0 Å². The summed E-state index contributed by atoms with van der Waals surface area (Å²) in [7, 11) is 1.31. The Bertz CT molecular complexity index is 1780. The number of allylic oxidation sites excluding steroid dienone is 1. The zero-order chi connectivity index (χ0) is 27.7. The molecule has 1 unspecified atom stereocenters. The number of hydrogen-bond acceptors (Lipinski definition) is 8. The molecule has 0 fully saturated rings. The maximum Gasteiger partial charge on any atom is 0.338 e. The first-order valence-electron chi connectivity index (χ1n) is 12.0. The minimum atomic E-state index is -0.788. The van der Waals surface area contributed by atoms with Crippen molar-refractivity contribution < 1.29 is 23.5 Å². The highest BCUT2D eigenvalue weighted by atomic mass is 79.9. The lowest BCUT2D eigenvalue weighted by Gasteiger charge is -2.24. The summed E-state index contributed by atoms with van der Waals surface area (Å²) in [6.07, 6.45) is 1.67. The van der Waals surface area contributed by atoms with E-state index in [-0.39, 0.29) is 17.7 Å². The van der Waals surface area contributed by atoms with E-state index in [4.69, 9.17) is 13.9 Å². The fourth-order valence-electron chi connectivity index (χ4n) is 4.36. The smallest absolute Gasteiger partial charge is 0.338 e. The molecule has 1 aliphatic heterocycles. The van der Waals surface area contributed by atoms with Gasteiger partial charge in [-0.1, -0.05) is 51.5 Å². The molecule has 3 heterocycles. The van der Waals surface area contributed by atoms with E-state index in [2.05, 4.69) is 20.9 Å². The van der Waals surface area contributed by atoms with Crippen LogP contribution in [-0.4, -0.2) is 30.2 Å². The summed E-state index contributed by atoms with van der Waals surface area (Å²) in [4.78, 5) is 43.8. The van der Waals surface area contributed by atoms with Gasteiger partial charge in [0.05, 0.1) is 41.1 Å². The number of thiazole rings is 1. The van der Waals surface area contributed by atoms with E-state index >= 15 is 0 Å². The molecule has 8 nitrogen and oxygen atoms in total. The Morgan fingerprint density at radius 3 is 2.46 bits per heavy atom. The predicted molar refractivity (Wildman–Crippen MR) is 150 cm³/mol. The molecule has 39 heavy (non-hydrogen) atoms. The second-order valence-electron chi connectivity index (χ2n) is 8.62. The highest BCUT2D eigenvalue weighted by Gasteiger charge is 2.33. The van der Waals surface area contributed by atoms with E-state index in [1.54, 1.807) is 50.3 Å². The topological polar surface area (TPSA) is 100 Å². The fraction of sp³-hybridized carbons (Fsp3) is 0.172. The van der Waals surface area contributed by atoms with Gasteiger partial charge in [0, 0.05) is 16.1 Å². The minimum Gasteiger partial charge on any atom is -0.465 e. The van der Waals surface area contributed by atoms with Crippen LogP contribution < -0.4 is 14.9 Å². The summed E-state index contributed by atoms with van der Waals surface area (Å²) in [6.45, 7) is 3.61. The molecule has 0 N–H and O–H groups in total. The number of carbonyl (C=O) groups excluding carboxylic acids is 2. The summed E-state index contributed by atoms with van der Waals surface area (Å²) >= 11 is 4.64. The van der Waals surface area contributed by atoms with Crippen molar-refractivity contribution in [1.82, 2.24) is 4.57 Å². The number of carbonyl (C=O) groups is 2. The molecule has 0 saturated heterocycles. The van der Waals surface area contributed by atoms with Crippen molar-refractivity contribution in [1.29, 1.82) is 0 Å². The van der Waals surface area contributed by atoms with Crippen LogP contribution in [0.4, 0.5) is 0 Å². The van der Waals surface area contributed by atoms with Crippen molar-refractivity contribution in [2.45, 2.75) is 19.9 Å². The van der Waals surface area contributed by atoms with Gasteiger partial charge in [0.1, 0.15) is 11.5 Å². The third-order valence-electron chi connectivity index (χ3n) is 6.19. The molecule has 5 rings (SSSR count). The van der Waals surface area contributed by atoms with Gasteiger partial charge >= 0.3 is 11.9 Å². The standard InChI is InChI=1S/C29H23BrN2O6S/c1-4-37-28(35)24-16(2)31-29-32(25(24)18-5-7-19(8-6-18)27(34)36-3)26(33)23(39-29)15-21-13-14-22(38-21)17-9-11-20(30)12-10-17/h5-15,25H,4H2,1-3H3. The van der Waals surface area contributed by atoms with Crippen LogP contribution in [0.1, 0.15) is 41.6 Å². The Labute approximate surface area is 235 Å². The van der Waals surface area contributed by atoms with Crippen molar-refractivity contribution in [3.63, 3.8) is 0 Å². The maximum atomic E-state index is 13.8. The third-order valence-corrected chi connectivity index (χ3v) is 7.71. The van der Waals surface area contributed by atoms with Gasteiger partial charge in [-0.25, -0.2) is 14.6 Å². The molecule has 1 aliphatic rings. The molecular weight excluding hydrogens is 584 g/mol. The molecule has 0 aliphatic carbocycles. The molecule has 0 amide bonds. The molecule has 2 aromatic carbocycles. The number of hydrogen-bond donors (Lipinski definition) is 0. The molecule has 0 radical (unpaired) electrons. The van der Waals surface area contributed by atoms with Gasteiger partial charge in [-0.15, -0.1) is 0 Å². The normalized spacial score (nSPS) is 15.1. The van der Waals surface area contributed by atoms with E-state index in [0.29, 0.717) is 37.7 Å². The first-order valence-corrected chi connectivity index (χ1v) is 13.7. The predicted octanol–water partition coefficient (Wildman–Crippen LogP) is 4.61. The average molecular weight is 607 g/mol. The molecule has 10 heteroatoms. The van der Waals surface area contributed by atoms with Crippen LogP contribution in [0.15, 0.2) is 90.6 Å². The Morgan fingerprint density at radius 1 is 1.08 bits per heavy atom. The molecule has 2 aromatic heterocycles. The van der Waals surface area contributed by atoms with Gasteiger partial charge < -0.3 is 13.9 Å². The van der Waals surface area contributed by atoms with Crippen LogP contribution in [0.5, 0.6) is 0 Å². The number of methoxy groups -OCH3 is 1. The van der Waals surface area contributed by atoms with Crippen LogP contribution in [0.3, 0.4) is 0 Å². The second-order valence-corrected chi connectivity index (χ2v) is 10.5. The van der Waals surface area contributed by atoms with Crippen LogP contribution in [-0.2, 0) is 14.3 Å².